The summed E-state index contributed by atoms with van der Waals surface area (Å²) in [7, 11) is 0. The number of nitrogens with zero attached hydrogens (tertiary/aromatic N) is 1. The maximum Gasteiger partial charge on any atom is 0.0455 e. The fourth-order valence-electron chi connectivity index (χ4n) is 7.84. The van der Waals surface area contributed by atoms with Gasteiger partial charge in [-0.1, -0.05) is 142 Å². The maximum absolute atomic E-state index is 4.46. The Bertz CT molecular complexity index is 1740. The van der Waals surface area contributed by atoms with E-state index in [1.165, 1.54) is 88.0 Å². The van der Waals surface area contributed by atoms with Gasteiger partial charge in [-0.2, -0.15) is 0 Å². The first-order valence-electron chi connectivity index (χ1n) is 17.3. The van der Waals surface area contributed by atoms with E-state index in [-0.39, 0.29) is 5.92 Å². The summed E-state index contributed by atoms with van der Waals surface area (Å²) < 4.78 is 0. The summed E-state index contributed by atoms with van der Waals surface area (Å²) in [6.45, 7) is 7.56. The van der Waals surface area contributed by atoms with Gasteiger partial charge in [0.2, 0.25) is 0 Å². The van der Waals surface area contributed by atoms with Crippen molar-refractivity contribution in [3.63, 3.8) is 0 Å². The number of hydrogen-bond acceptors (Lipinski definition) is 1. The van der Waals surface area contributed by atoms with Crippen molar-refractivity contribution < 1.29 is 0 Å². The molecule has 2 unspecified atom stereocenters. The molecule has 0 spiro atoms. The smallest absolute Gasteiger partial charge is 0.0455 e. The van der Waals surface area contributed by atoms with E-state index in [1.54, 1.807) is 5.57 Å². The van der Waals surface area contributed by atoms with Crippen LogP contribution in [-0.2, 0) is 0 Å². The predicted octanol–water partition coefficient (Wildman–Crippen LogP) is 10.1. The lowest BCUT2D eigenvalue weighted by molar-refractivity contribution is 0.421. The highest BCUT2D eigenvalue weighted by atomic mass is 14.7. The van der Waals surface area contributed by atoms with Crippen LogP contribution in [0.2, 0.25) is 0 Å². The number of fused-ring (bicyclic) bond motifs is 1. The van der Waals surface area contributed by atoms with E-state index in [2.05, 4.69) is 135 Å². The number of aliphatic imine (C=N–C) groups is 1. The first-order valence-corrected chi connectivity index (χ1v) is 17.3. The van der Waals surface area contributed by atoms with Crippen molar-refractivity contribution >= 4 is 28.5 Å². The Kier molecular flexibility index (Phi) is 10.3. The molecule has 1 aliphatic heterocycles. The molecule has 230 valence electrons. The van der Waals surface area contributed by atoms with Crippen LogP contribution in [0.5, 0.6) is 0 Å². The van der Waals surface area contributed by atoms with Crippen LogP contribution in [0.15, 0.2) is 125 Å². The van der Waals surface area contributed by atoms with Crippen molar-refractivity contribution in [2.45, 2.75) is 72.1 Å². The second-order valence-electron chi connectivity index (χ2n) is 13.2. The molecular formula is C44H49N. The zero-order valence-corrected chi connectivity index (χ0v) is 27.5. The van der Waals surface area contributed by atoms with Crippen LogP contribution in [0.3, 0.4) is 0 Å². The summed E-state index contributed by atoms with van der Waals surface area (Å²) in [6, 6.07) is 18.6. The van der Waals surface area contributed by atoms with Crippen molar-refractivity contribution in [2.75, 3.05) is 6.54 Å². The third-order valence-corrected chi connectivity index (χ3v) is 10.2. The van der Waals surface area contributed by atoms with E-state index in [1.807, 2.05) is 6.21 Å². The third-order valence-electron chi connectivity index (χ3n) is 10.2. The maximum atomic E-state index is 4.46. The highest BCUT2D eigenvalue weighted by Gasteiger charge is 2.23. The van der Waals surface area contributed by atoms with Crippen molar-refractivity contribution in [2.24, 2.45) is 22.7 Å². The van der Waals surface area contributed by atoms with Crippen LogP contribution in [-0.4, -0.2) is 12.8 Å². The molecule has 1 heterocycles. The minimum Gasteiger partial charge on any atom is -0.293 e. The van der Waals surface area contributed by atoms with Crippen molar-refractivity contribution in [1.29, 1.82) is 0 Å². The topological polar surface area (TPSA) is 12.4 Å². The highest BCUT2D eigenvalue weighted by Crippen LogP contribution is 2.37. The summed E-state index contributed by atoms with van der Waals surface area (Å²) in [4.78, 5) is 4.46. The van der Waals surface area contributed by atoms with E-state index in [4.69, 9.17) is 0 Å². The molecule has 1 saturated carbocycles. The number of hydrogen-bond donors (Lipinski definition) is 0. The average molecular weight is 592 g/mol. The van der Waals surface area contributed by atoms with Crippen molar-refractivity contribution in [3.8, 4) is 0 Å². The molecule has 3 aliphatic carbocycles. The SMILES string of the molecule is C\C=C/C=C\C1=C(/c2ccc(C3=CC=NCC3C)cc2)C(C)/C=C\C=C/CC(C2=c3ccccc3=C(C3CCCCC3)CC2)=C1. The lowest BCUT2D eigenvalue weighted by Gasteiger charge is -2.28. The van der Waals surface area contributed by atoms with Gasteiger partial charge in [-0.25, -0.2) is 0 Å². The first kappa shape index (κ1) is 31.0. The fourth-order valence-corrected chi connectivity index (χ4v) is 7.84. The first-order chi connectivity index (χ1) is 22.1. The Morgan fingerprint density at radius 1 is 0.822 bits per heavy atom. The Labute approximate surface area is 271 Å². The zero-order valence-electron chi connectivity index (χ0n) is 27.5. The lowest BCUT2D eigenvalue weighted by atomic mass is 9.77. The van der Waals surface area contributed by atoms with E-state index in [0.29, 0.717) is 5.92 Å². The van der Waals surface area contributed by atoms with Gasteiger partial charge in [0.15, 0.2) is 0 Å². The van der Waals surface area contributed by atoms with Crippen LogP contribution < -0.4 is 10.4 Å². The zero-order chi connectivity index (χ0) is 31.0. The van der Waals surface area contributed by atoms with E-state index < -0.39 is 0 Å². The average Bonchev–Trinajstić information content (AvgIpc) is 3.08. The summed E-state index contributed by atoms with van der Waals surface area (Å²) in [5.74, 6) is 1.47. The monoisotopic (exact) mass is 591 g/mol. The molecule has 2 aromatic carbocycles. The molecule has 0 saturated heterocycles. The Morgan fingerprint density at radius 2 is 1.60 bits per heavy atom. The largest absolute Gasteiger partial charge is 0.293 e. The Balaban J connectivity index is 1.52. The van der Waals surface area contributed by atoms with Gasteiger partial charge in [0.1, 0.15) is 0 Å². The summed E-state index contributed by atoms with van der Waals surface area (Å²) in [6.07, 6.45) is 34.8. The highest BCUT2D eigenvalue weighted by molar-refractivity contribution is 5.87. The standard InChI is InChI=1S/C44H49N/c1-4-5-8-19-38-30-37(41-27-26-40(34-16-10-7-11-17-34)42-20-13-14-21-43(41)42)18-12-6-9-15-32(2)44(38)36-24-22-35(23-25-36)39-28-29-45-31-33(39)3/h4-6,8-9,12-15,19-25,28-30,32-34H,7,10-11,16-18,26-27,31H2,1-3H3/b5-4-,12-6-,15-9-,19-8-,37-30?,44-38+. The van der Waals surface area contributed by atoms with E-state index in [0.717, 1.165) is 25.3 Å². The van der Waals surface area contributed by atoms with Crippen LogP contribution in [0.1, 0.15) is 83.3 Å². The summed E-state index contributed by atoms with van der Waals surface area (Å²) in [5.41, 5.74) is 11.3. The molecule has 4 aliphatic rings. The molecule has 2 aromatic rings. The number of dihydropyridines is 1. The van der Waals surface area contributed by atoms with Gasteiger partial charge in [0, 0.05) is 24.6 Å². The minimum atomic E-state index is 0.260. The lowest BCUT2D eigenvalue weighted by Crippen LogP contribution is -2.35. The number of rotatable bonds is 6. The van der Waals surface area contributed by atoms with Crippen LogP contribution in [0, 0.1) is 17.8 Å². The molecule has 1 fully saturated rings. The summed E-state index contributed by atoms with van der Waals surface area (Å²) in [5, 5.41) is 2.98. The molecule has 6 rings (SSSR count). The molecule has 1 heteroatoms. The normalized spacial score (nSPS) is 26.1. The molecule has 0 bridgehead atoms. The van der Waals surface area contributed by atoms with E-state index >= 15 is 0 Å². The van der Waals surface area contributed by atoms with Crippen molar-refractivity contribution in [3.05, 3.63) is 142 Å². The Morgan fingerprint density at radius 3 is 2.38 bits per heavy atom. The van der Waals surface area contributed by atoms with Gasteiger partial charge in [-0.3, -0.25) is 4.99 Å². The number of allylic oxidation sites excluding steroid dienone is 13. The molecule has 2 atom stereocenters. The summed E-state index contributed by atoms with van der Waals surface area (Å²) >= 11 is 0. The van der Waals surface area contributed by atoms with Gasteiger partial charge in [0.25, 0.3) is 0 Å². The molecule has 0 N–H and O–H groups in total. The van der Waals surface area contributed by atoms with Crippen LogP contribution >= 0.6 is 0 Å². The molecule has 45 heavy (non-hydrogen) atoms. The Hall–Kier alpha value is -3.97. The van der Waals surface area contributed by atoms with Gasteiger partial charge in [0.05, 0.1) is 0 Å². The molecule has 0 aromatic heterocycles. The molecule has 0 amide bonds. The predicted molar refractivity (Wildman–Crippen MR) is 196 cm³/mol. The van der Waals surface area contributed by atoms with Crippen molar-refractivity contribution in [1.82, 2.24) is 0 Å². The van der Waals surface area contributed by atoms with Crippen LogP contribution in [0.25, 0.3) is 22.3 Å². The fraction of sp³-hybridized carbons (Fsp3) is 0.341. The second-order valence-corrected chi connectivity index (χ2v) is 13.2. The quantitative estimate of drug-likeness (QED) is 0.296. The second kappa shape index (κ2) is 14.9. The van der Waals surface area contributed by atoms with Crippen LogP contribution in [0.4, 0.5) is 0 Å². The minimum absolute atomic E-state index is 0.260. The molecule has 1 nitrogen and oxygen atoms in total. The molecular weight excluding hydrogens is 542 g/mol. The third kappa shape index (κ3) is 7.14. The van der Waals surface area contributed by atoms with E-state index in [9.17, 15) is 0 Å². The van der Waals surface area contributed by atoms with Gasteiger partial charge in [-0.05, 0) is 100 Å². The van der Waals surface area contributed by atoms with Gasteiger partial charge < -0.3 is 0 Å². The van der Waals surface area contributed by atoms with Gasteiger partial charge in [-0.15, -0.1) is 0 Å². The number of benzene rings is 2. The van der Waals surface area contributed by atoms with Gasteiger partial charge >= 0.3 is 0 Å². The molecule has 0 radical (unpaired) electrons.